The van der Waals surface area contributed by atoms with Crippen LogP contribution < -0.4 is 14.8 Å². The molecule has 0 heterocycles. The molecule has 1 atom stereocenters. The van der Waals surface area contributed by atoms with Crippen molar-refractivity contribution in [2.24, 2.45) is 0 Å². The second-order valence-electron chi connectivity index (χ2n) is 6.47. The maximum Gasteiger partial charge on any atom is 0.246 e. The van der Waals surface area contributed by atoms with Gasteiger partial charge in [0.15, 0.2) is 0 Å². The van der Waals surface area contributed by atoms with Crippen molar-refractivity contribution in [2.75, 3.05) is 26.1 Å². The van der Waals surface area contributed by atoms with Crippen LogP contribution in [-0.4, -0.2) is 43.5 Å². The van der Waals surface area contributed by atoms with Gasteiger partial charge in [-0.2, -0.15) is 0 Å². The Morgan fingerprint density at radius 3 is 2.39 bits per heavy atom. The van der Waals surface area contributed by atoms with E-state index < -0.39 is 6.04 Å². The molecule has 0 aliphatic carbocycles. The largest absolute Gasteiger partial charge is 0.497 e. The molecule has 1 unspecified atom stereocenters. The van der Waals surface area contributed by atoms with E-state index in [4.69, 9.17) is 9.47 Å². The number of rotatable bonds is 9. The quantitative estimate of drug-likeness (QED) is 0.718. The molecule has 0 fully saturated rings. The average molecular weight is 384 g/mol. The molecule has 1 N–H and O–H groups in total. The van der Waals surface area contributed by atoms with E-state index in [9.17, 15) is 9.59 Å². The molecule has 6 nitrogen and oxygen atoms in total. The highest BCUT2D eigenvalue weighted by atomic mass is 16.5. The first kappa shape index (κ1) is 21.3. The molecule has 0 saturated heterocycles. The number of amides is 2. The lowest BCUT2D eigenvalue weighted by atomic mass is 10.1. The van der Waals surface area contributed by atoms with E-state index in [0.29, 0.717) is 23.7 Å². The number of hydrogen-bond donors (Lipinski definition) is 1. The summed E-state index contributed by atoms with van der Waals surface area (Å²) in [5, 5.41) is 2.86. The molecule has 2 aromatic carbocycles. The van der Waals surface area contributed by atoms with Crippen LogP contribution >= 0.6 is 0 Å². The number of nitrogens with one attached hydrogen (secondary N) is 1. The van der Waals surface area contributed by atoms with Gasteiger partial charge < -0.3 is 19.7 Å². The van der Waals surface area contributed by atoms with Crippen LogP contribution in [0.2, 0.25) is 0 Å². The first-order valence-corrected chi connectivity index (χ1v) is 9.36. The molecule has 0 radical (unpaired) electrons. The number of benzene rings is 2. The van der Waals surface area contributed by atoms with Gasteiger partial charge in [0.05, 0.1) is 20.6 Å². The maximum atomic E-state index is 13.0. The van der Waals surface area contributed by atoms with Gasteiger partial charge in [0, 0.05) is 23.9 Å². The minimum absolute atomic E-state index is 0.124. The standard InChI is InChI=1S/C22H28N2O4/c1-5-13-24(16(2)22(26)23-18-9-7-6-8-10-18)21(25)14-17-11-12-19(27-3)15-20(17)28-4/h6-12,15-16H,5,13-14H2,1-4H3,(H,23,26). The summed E-state index contributed by atoms with van der Waals surface area (Å²) in [5.41, 5.74) is 1.46. The molecular weight excluding hydrogens is 356 g/mol. The second kappa shape index (κ2) is 10.3. The van der Waals surface area contributed by atoms with Crippen LogP contribution in [0.25, 0.3) is 0 Å². The van der Waals surface area contributed by atoms with Crippen molar-refractivity contribution in [2.45, 2.75) is 32.7 Å². The van der Waals surface area contributed by atoms with E-state index >= 15 is 0 Å². The van der Waals surface area contributed by atoms with Crippen LogP contribution in [0.5, 0.6) is 11.5 Å². The monoisotopic (exact) mass is 384 g/mol. The van der Waals surface area contributed by atoms with E-state index in [1.165, 1.54) is 0 Å². The fourth-order valence-corrected chi connectivity index (χ4v) is 2.95. The van der Waals surface area contributed by atoms with Gasteiger partial charge in [-0.25, -0.2) is 0 Å². The van der Waals surface area contributed by atoms with E-state index in [2.05, 4.69) is 5.32 Å². The lowest BCUT2D eigenvalue weighted by molar-refractivity contribution is -0.137. The Kier molecular flexibility index (Phi) is 7.87. The number of nitrogens with zero attached hydrogens (tertiary/aromatic N) is 1. The summed E-state index contributed by atoms with van der Waals surface area (Å²) in [6.45, 7) is 4.23. The Morgan fingerprint density at radius 2 is 1.79 bits per heavy atom. The van der Waals surface area contributed by atoms with Gasteiger partial charge in [0.2, 0.25) is 11.8 Å². The Hall–Kier alpha value is -3.02. The summed E-state index contributed by atoms with van der Waals surface area (Å²) < 4.78 is 10.6. The number of methoxy groups -OCH3 is 2. The van der Waals surface area contributed by atoms with Gasteiger partial charge in [0.1, 0.15) is 17.5 Å². The average Bonchev–Trinajstić information content (AvgIpc) is 2.72. The van der Waals surface area contributed by atoms with Gasteiger partial charge >= 0.3 is 0 Å². The number of ether oxygens (including phenoxy) is 2. The Bertz CT molecular complexity index is 792. The van der Waals surface area contributed by atoms with Crippen LogP contribution in [0.1, 0.15) is 25.8 Å². The SMILES string of the molecule is CCCN(C(=O)Cc1ccc(OC)cc1OC)C(C)C(=O)Nc1ccccc1. The van der Waals surface area contributed by atoms with Gasteiger partial charge in [-0.3, -0.25) is 9.59 Å². The predicted octanol–water partition coefficient (Wildman–Crippen LogP) is 3.51. The molecule has 0 aliphatic rings. The van der Waals surface area contributed by atoms with Crippen molar-refractivity contribution < 1.29 is 19.1 Å². The van der Waals surface area contributed by atoms with E-state index in [1.54, 1.807) is 38.2 Å². The highest BCUT2D eigenvalue weighted by Gasteiger charge is 2.26. The van der Waals surface area contributed by atoms with Crippen molar-refractivity contribution in [3.05, 3.63) is 54.1 Å². The summed E-state index contributed by atoms with van der Waals surface area (Å²) >= 11 is 0. The fraction of sp³-hybridized carbons (Fsp3) is 0.364. The van der Waals surface area contributed by atoms with Crippen LogP contribution in [0.4, 0.5) is 5.69 Å². The van der Waals surface area contributed by atoms with Crippen molar-refractivity contribution in [3.8, 4) is 11.5 Å². The van der Waals surface area contributed by atoms with E-state index in [-0.39, 0.29) is 18.2 Å². The molecule has 0 bridgehead atoms. The third-order valence-corrected chi connectivity index (χ3v) is 4.51. The molecule has 6 heteroatoms. The topological polar surface area (TPSA) is 67.9 Å². The first-order valence-electron chi connectivity index (χ1n) is 9.36. The zero-order chi connectivity index (χ0) is 20.5. The lowest BCUT2D eigenvalue weighted by Gasteiger charge is -2.28. The van der Waals surface area contributed by atoms with Crippen LogP contribution in [0, 0.1) is 0 Å². The maximum absolute atomic E-state index is 13.0. The van der Waals surface area contributed by atoms with Gasteiger partial charge in [-0.05, 0) is 31.5 Å². The Balaban J connectivity index is 2.13. The van der Waals surface area contributed by atoms with Gasteiger partial charge in [-0.1, -0.05) is 31.2 Å². The minimum atomic E-state index is -0.586. The molecule has 0 spiro atoms. The van der Waals surface area contributed by atoms with Crippen molar-refractivity contribution in [1.29, 1.82) is 0 Å². The summed E-state index contributed by atoms with van der Waals surface area (Å²) in [6.07, 6.45) is 0.907. The molecule has 2 rings (SSSR count). The predicted molar refractivity (Wildman–Crippen MR) is 110 cm³/mol. The third-order valence-electron chi connectivity index (χ3n) is 4.51. The summed E-state index contributed by atoms with van der Waals surface area (Å²) in [6, 6.07) is 14.0. The van der Waals surface area contributed by atoms with Gasteiger partial charge in [0.25, 0.3) is 0 Å². The zero-order valence-corrected chi connectivity index (χ0v) is 16.9. The first-order chi connectivity index (χ1) is 13.5. The van der Waals surface area contributed by atoms with Crippen LogP contribution in [-0.2, 0) is 16.0 Å². The molecule has 0 aliphatic heterocycles. The highest BCUT2D eigenvalue weighted by molar-refractivity contribution is 5.97. The zero-order valence-electron chi connectivity index (χ0n) is 16.9. The van der Waals surface area contributed by atoms with Crippen molar-refractivity contribution in [1.82, 2.24) is 4.90 Å². The second-order valence-corrected chi connectivity index (χ2v) is 6.47. The summed E-state index contributed by atoms with van der Waals surface area (Å²) in [5.74, 6) is 0.912. The smallest absolute Gasteiger partial charge is 0.246 e. The fourth-order valence-electron chi connectivity index (χ4n) is 2.95. The Labute approximate surface area is 166 Å². The molecule has 2 aromatic rings. The van der Waals surface area contributed by atoms with E-state index in [1.807, 2.05) is 43.3 Å². The molecule has 0 aromatic heterocycles. The summed E-state index contributed by atoms with van der Waals surface area (Å²) in [7, 11) is 3.14. The van der Waals surface area contributed by atoms with Crippen molar-refractivity contribution in [3.63, 3.8) is 0 Å². The van der Waals surface area contributed by atoms with E-state index in [0.717, 1.165) is 12.0 Å². The number of carbonyl (C=O) groups excluding carboxylic acids is 2. The molecular formula is C22H28N2O4. The molecule has 2 amide bonds. The van der Waals surface area contributed by atoms with Crippen LogP contribution in [0.15, 0.2) is 48.5 Å². The van der Waals surface area contributed by atoms with Gasteiger partial charge in [-0.15, -0.1) is 0 Å². The minimum Gasteiger partial charge on any atom is -0.497 e. The lowest BCUT2D eigenvalue weighted by Crippen LogP contribution is -2.46. The third kappa shape index (κ3) is 5.49. The number of anilines is 1. The van der Waals surface area contributed by atoms with Crippen molar-refractivity contribution >= 4 is 17.5 Å². The molecule has 0 saturated carbocycles. The normalized spacial score (nSPS) is 11.4. The summed E-state index contributed by atoms with van der Waals surface area (Å²) in [4.78, 5) is 27.2. The molecule has 28 heavy (non-hydrogen) atoms. The number of para-hydroxylation sites is 1. The van der Waals surface area contributed by atoms with Crippen LogP contribution in [0.3, 0.4) is 0 Å². The Morgan fingerprint density at radius 1 is 1.07 bits per heavy atom. The number of carbonyl (C=O) groups is 2. The molecule has 150 valence electrons. The number of hydrogen-bond acceptors (Lipinski definition) is 4. The highest BCUT2D eigenvalue weighted by Crippen LogP contribution is 2.25.